The molecule has 0 aliphatic carbocycles. The molecule has 0 fully saturated rings. The molecule has 2 aromatic carbocycles. The molecule has 2 atom stereocenters. The molecule has 2 aromatic rings. The van der Waals surface area contributed by atoms with Crippen LogP contribution in [0.1, 0.15) is 67.6 Å². The first-order valence-electron chi connectivity index (χ1n) is 11.5. The largest absolute Gasteiger partial charge is 0.491 e. The van der Waals surface area contributed by atoms with E-state index in [1.165, 1.54) is 25.1 Å². The van der Waals surface area contributed by atoms with E-state index in [2.05, 4.69) is 0 Å². The number of sulfonamides is 1. The maximum atomic E-state index is 15.1. The number of rotatable bonds is 5. The summed E-state index contributed by atoms with van der Waals surface area (Å²) in [6, 6.07) is 4.06. The quantitative estimate of drug-likeness (QED) is 0.383. The summed E-state index contributed by atoms with van der Waals surface area (Å²) in [5.74, 6) is -2.93. The lowest BCUT2D eigenvalue weighted by atomic mass is 9.87. The maximum absolute atomic E-state index is 15.1. The van der Waals surface area contributed by atoms with Gasteiger partial charge in [-0.1, -0.05) is 24.6 Å². The van der Waals surface area contributed by atoms with Gasteiger partial charge in [-0.15, -0.1) is 0 Å². The molecule has 0 amide bonds. The van der Waals surface area contributed by atoms with Gasteiger partial charge < -0.3 is 9.47 Å². The van der Waals surface area contributed by atoms with E-state index in [-0.39, 0.29) is 39.9 Å². The molecule has 0 saturated carbocycles. The lowest BCUT2D eigenvalue weighted by Gasteiger charge is -2.35. The molecule has 1 unspecified atom stereocenters. The highest BCUT2D eigenvalue weighted by Gasteiger charge is 2.46. The maximum Gasteiger partial charge on any atom is 0.325 e. The second kappa shape index (κ2) is 10.1. The Morgan fingerprint density at radius 2 is 1.83 bits per heavy atom. The van der Waals surface area contributed by atoms with Crippen molar-refractivity contribution < 1.29 is 31.9 Å². The summed E-state index contributed by atoms with van der Waals surface area (Å²) >= 11 is 6.12. The number of halogens is 2. The van der Waals surface area contributed by atoms with Gasteiger partial charge in [0.25, 0.3) is 0 Å². The minimum absolute atomic E-state index is 0.0799. The summed E-state index contributed by atoms with van der Waals surface area (Å²) in [5.41, 5.74) is 0.530. The van der Waals surface area contributed by atoms with E-state index in [0.29, 0.717) is 5.56 Å². The minimum atomic E-state index is -4.49. The van der Waals surface area contributed by atoms with E-state index in [4.69, 9.17) is 21.1 Å². The highest BCUT2D eigenvalue weighted by Crippen LogP contribution is 2.40. The second-order valence-corrected chi connectivity index (χ2v) is 12.2. The Balaban J connectivity index is 2.28. The Bertz CT molecular complexity index is 1320. The first-order valence-corrected chi connectivity index (χ1v) is 13.4. The third-order valence-electron chi connectivity index (χ3n) is 6.15. The van der Waals surface area contributed by atoms with Crippen LogP contribution in [-0.4, -0.2) is 49.3 Å². The Labute approximate surface area is 216 Å². The molecule has 10 heteroatoms. The van der Waals surface area contributed by atoms with E-state index in [1.54, 1.807) is 40.7 Å². The molecule has 1 aliphatic heterocycles. The van der Waals surface area contributed by atoms with Gasteiger partial charge in [0.05, 0.1) is 0 Å². The highest BCUT2D eigenvalue weighted by atomic mass is 35.5. The number of carbonyl (C=O) groups excluding carboxylic acids is 2. The first kappa shape index (κ1) is 28.1. The molecule has 196 valence electrons. The molecule has 1 aliphatic rings. The van der Waals surface area contributed by atoms with Crippen LogP contribution in [-0.2, 0) is 19.6 Å². The van der Waals surface area contributed by atoms with Crippen molar-refractivity contribution in [3.05, 3.63) is 57.4 Å². The van der Waals surface area contributed by atoms with Gasteiger partial charge >= 0.3 is 5.97 Å². The standard InChI is InChI=1S/C26H31ClFNO6S/c1-14-8-9-20(28)22(15(14)2)16(3)23(25(31)35-26(5,6)7)29-10-11-34-21-13-18(27)12-19(17(4)30)24(21)36(29,32)33/h8-9,12-13,16,23H,10-11H2,1-7H3/t16?,23-/m0/s1. The number of ether oxygens (including phenoxy) is 2. The van der Waals surface area contributed by atoms with Crippen LogP contribution in [0, 0.1) is 19.7 Å². The number of nitrogens with zero attached hydrogens (tertiary/aromatic N) is 1. The van der Waals surface area contributed by atoms with Crippen LogP contribution in [0.4, 0.5) is 4.39 Å². The van der Waals surface area contributed by atoms with Crippen LogP contribution in [0.2, 0.25) is 5.02 Å². The highest BCUT2D eigenvalue weighted by molar-refractivity contribution is 7.89. The number of hydrogen-bond donors (Lipinski definition) is 0. The van der Waals surface area contributed by atoms with Gasteiger partial charge in [0, 0.05) is 29.1 Å². The molecular weight excluding hydrogens is 509 g/mol. The van der Waals surface area contributed by atoms with Crippen molar-refractivity contribution in [2.75, 3.05) is 13.2 Å². The molecule has 0 spiro atoms. The SMILES string of the molecule is CC(=O)c1cc(Cl)cc2c1S(=O)(=O)N([C@H](C(=O)OC(C)(C)C)C(C)c1c(F)ccc(C)c1C)CCO2. The van der Waals surface area contributed by atoms with Crippen LogP contribution in [0.15, 0.2) is 29.2 Å². The molecular formula is C26H31ClFNO6S. The summed E-state index contributed by atoms with van der Waals surface area (Å²) in [5, 5.41) is 0.136. The Morgan fingerprint density at radius 3 is 2.42 bits per heavy atom. The molecule has 0 aromatic heterocycles. The summed E-state index contributed by atoms with van der Waals surface area (Å²) < 4.78 is 55.6. The van der Waals surface area contributed by atoms with Crippen molar-refractivity contribution >= 4 is 33.4 Å². The van der Waals surface area contributed by atoms with Gasteiger partial charge in [-0.25, -0.2) is 12.8 Å². The van der Waals surface area contributed by atoms with Crippen molar-refractivity contribution in [3.63, 3.8) is 0 Å². The second-order valence-electron chi connectivity index (χ2n) is 9.97. The average Bonchev–Trinajstić information content (AvgIpc) is 2.85. The van der Waals surface area contributed by atoms with E-state index < -0.39 is 45.2 Å². The van der Waals surface area contributed by atoms with Crippen molar-refractivity contribution in [2.24, 2.45) is 0 Å². The molecule has 1 heterocycles. The number of esters is 1. The third kappa shape index (κ3) is 5.43. The van der Waals surface area contributed by atoms with Gasteiger partial charge in [-0.2, -0.15) is 4.31 Å². The molecule has 3 rings (SSSR count). The number of carbonyl (C=O) groups is 2. The molecule has 0 saturated heterocycles. The molecule has 7 nitrogen and oxygen atoms in total. The van der Waals surface area contributed by atoms with Gasteiger partial charge in [-0.05, 0) is 70.4 Å². The zero-order valence-electron chi connectivity index (χ0n) is 21.4. The van der Waals surface area contributed by atoms with Crippen LogP contribution in [0.3, 0.4) is 0 Å². The van der Waals surface area contributed by atoms with Crippen molar-refractivity contribution in [2.45, 2.75) is 70.9 Å². The Hall–Kier alpha value is -2.49. The number of hydrogen-bond acceptors (Lipinski definition) is 6. The predicted molar refractivity (Wildman–Crippen MR) is 135 cm³/mol. The number of aryl methyl sites for hydroxylation is 1. The van der Waals surface area contributed by atoms with E-state index in [9.17, 15) is 18.0 Å². The Kier molecular flexibility index (Phi) is 7.89. The van der Waals surface area contributed by atoms with Crippen molar-refractivity contribution in [1.82, 2.24) is 4.31 Å². The van der Waals surface area contributed by atoms with Crippen molar-refractivity contribution in [1.29, 1.82) is 0 Å². The van der Waals surface area contributed by atoms with Crippen LogP contribution >= 0.6 is 11.6 Å². The zero-order chi connectivity index (χ0) is 27.2. The van der Waals surface area contributed by atoms with Gasteiger partial charge in [-0.3, -0.25) is 9.59 Å². The normalized spacial score (nSPS) is 17.4. The number of benzene rings is 2. The van der Waals surface area contributed by atoms with E-state index in [0.717, 1.165) is 9.87 Å². The topological polar surface area (TPSA) is 90.0 Å². The predicted octanol–water partition coefficient (Wildman–Crippen LogP) is 5.20. The van der Waals surface area contributed by atoms with Gasteiger partial charge in [0.1, 0.15) is 34.7 Å². The summed E-state index contributed by atoms with van der Waals surface area (Å²) in [6.45, 7) is 11.0. The number of Topliss-reactive ketones (excluding diaryl/α,β-unsaturated/α-hetero) is 1. The van der Waals surface area contributed by atoms with E-state index in [1.807, 2.05) is 6.92 Å². The minimum Gasteiger partial charge on any atom is -0.491 e. The fourth-order valence-corrected chi connectivity index (χ4v) is 6.61. The summed E-state index contributed by atoms with van der Waals surface area (Å²) in [6.07, 6.45) is 0. The monoisotopic (exact) mass is 539 g/mol. The molecule has 0 N–H and O–H groups in total. The smallest absolute Gasteiger partial charge is 0.325 e. The lowest BCUT2D eigenvalue weighted by molar-refractivity contribution is -0.160. The van der Waals surface area contributed by atoms with Crippen LogP contribution < -0.4 is 4.74 Å². The first-order chi connectivity index (χ1) is 16.6. The van der Waals surface area contributed by atoms with Crippen LogP contribution in [0.25, 0.3) is 0 Å². The Morgan fingerprint density at radius 1 is 1.19 bits per heavy atom. The zero-order valence-corrected chi connectivity index (χ0v) is 23.0. The number of ketones is 1. The lowest BCUT2D eigenvalue weighted by Crippen LogP contribution is -2.51. The van der Waals surface area contributed by atoms with E-state index >= 15 is 4.39 Å². The average molecular weight is 540 g/mol. The molecule has 0 bridgehead atoms. The van der Waals surface area contributed by atoms with Gasteiger partial charge in [0.15, 0.2) is 5.78 Å². The molecule has 36 heavy (non-hydrogen) atoms. The van der Waals surface area contributed by atoms with Gasteiger partial charge in [0.2, 0.25) is 10.0 Å². The van der Waals surface area contributed by atoms with Crippen LogP contribution in [0.5, 0.6) is 5.75 Å². The van der Waals surface area contributed by atoms with Crippen molar-refractivity contribution in [3.8, 4) is 5.75 Å². The summed E-state index contributed by atoms with van der Waals surface area (Å²) in [4.78, 5) is 25.6. The third-order valence-corrected chi connectivity index (χ3v) is 8.34. The fourth-order valence-electron chi connectivity index (χ4n) is 4.43. The fraction of sp³-hybridized carbons (Fsp3) is 0.462. The summed E-state index contributed by atoms with van der Waals surface area (Å²) in [7, 11) is -4.49. The molecule has 0 radical (unpaired) electrons. The number of fused-ring (bicyclic) bond motifs is 1.